The molecule has 3 rings (SSSR count). The highest BCUT2D eigenvalue weighted by molar-refractivity contribution is 8.01. The fourth-order valence-electron chi connectivity index (χ4n) is 2.73. The number of anilines is 1. The van der Waals surface area contributed by atoms with E-state index in [4.69, 9.17) is 25.8 Å². The van der Waals surface area contributed by atoms with E-state index in [9.17, 15) is 9.59 Å². The monoisotopic (exact) mass is 435 g/mol. The van der Waals surface area contributed by atoms with Crippen LogP contribution in [0.3, 0.4) is 0 Å². The first-order valence-corrected chi connectivity index (χ1v) is 10.5. The number of hydrogen-bond donors (Lipinski definition) is 1. The highest BCUT2D eigenvalue weighted by Crippen LogP contribution is 2.32. The van der Waals surface area contributed by atoms with E-state index in [1.54, 1.807) is 19.1 Å². The van der Waals surface area contributed by atoms with Crippen LogP contribution in [0.25, 0.3) is 0 Å². The molecule has 154 valence electrons. The molecule has 1 heterocycles. The van der Waals surface area contributed by atoms with Crippen LogP contribution in [-0.4, -0.2) is 29.7 Å². The fourth-order valence-corrected chi connectivity index (χ4v) is 3.67. The number of fused-ring (bicyclic) bond motifs is 1. The van der Waals surface area contributed by atoms with Crippen molar-refractivity contribution in [3.63, 3.8) is 0 Å². The number of halogens is 1. The standard InChI is InChI=1S/C21H22ClNO5S/c1-13-3-5-18(6-4-13)23-19(24)11-29-14(2)21(25)27-10-16-8-17(22)7-15-9-26-12-28-20(15)16/h3-8,14H,9-12H2,1-2H3,(H,23,24). The minimum absolute atomic E-state index is 0.0438. The smallest absolute Gasteiger partial charge is 0.319 e. The first kappa shape index (κ1) is 21.5. The van der Waals surface area contributed by atoms with Crippen molar-refractivity contribution in [1.29, 1.82) is 0 Å². The zero-order valence-electron chi connectivity index (χ0n) is 16.2. The van der Waals surface area contributed by atoms with Gasteiger partial charge in [0.15, 0.2) is 6.79 Å². The first-order valence-electron chi connectivity index (χ1n) is 9.09. The van der Waals surface area contributed by atoms with Crippen LogP contribution in [0.1, 0.15) is 23.6 Å². The number of thioether (sulfide) groups is 1. The van der Waals surface area contributed by atoms with Gasteiger partial charge in [0.2, 0.25) is 5.91 Å². The van der Waals surface area contributed by atoms with Crippen molar-refractivity contribution in [2.24, 2.45) is 0 Å². The zero-order valence-corrected chi connectivity index (χ0v) is 17.8. The van der Waals surface area contributed by atoms with Crippen molar-refractivity contribution < 1.29 is 23.8 Å². The maximum absolute atomic E-state index is 12.3. The van der Waals surface area contributed by atoms with Gasteiger partial charge >= 0.3 is 5.97 Å². The SMILES string of the molecule is Cc1ccc(NC(=O)CSC(C)C(=O)OCc2cc(Cl)cc3c2OCOC3)cc1. The summed E-state index contributed by atoms with van der Waals surface area (Å²) in [7, 11) is 0. The molecular formula is C21H22ClNO5S. The average molecular weight is 436 g/mol. The van der Waals surface area contributed by atoms with Crippen LogP contribution < -0.4 is 10.1 Å². The Morgan fingerprint density at radius 1 is 1.28 bits per heavy atom. The maximum atomic E-state index is 12.3. The molecule has 0 saturated carbocycles. The van der Waals surface area contributed by atoms with Crippen molar-refractivity contribution >= 4 is 40.9 Å². The summed E-state index contributed by atoms with van der Waals surface area (Å²) in [4.78, 5) is 24.4. The Labute approximate surface area is 178 Å². The Bertz CT molecular complexity index is 887. The topological polar surface area (TPSA) is 73.9 Å². The molecule has 1 aliphatic heterocycles. The quantitative estimate of drug-likeness (QED) is 0.653. The third-order valence-corrected chi connectivity index (χ3v) is 5.59. The van der Waals surface area contributed by atoms with E-state index in [1.807, 2.05) is 31.2 Å². The number of carbonyl (C=O) groups is 2. The molecule has 1 aliphatic rings. The summed E-state index contributed by atoms with van der Waals surface area (Å²) in [5, 5.41) is 2.85. The molecule has 1 amide bonds. The summed E-state index contributed by atoms with van der Waals surface area (Å²) in [5.41, 5.74) is 3.36. The Kier molecular flexibility index (Phi) is 7.41. The Balaban J connectivity index is 1.48. The Morgan fingerprint density at radius 2 is 2.03 bits per heavy atom. The van der Waals surface area contributed by atoms with Gasteiger partial charge in [-0.25, -0.2) is 0 Å². The molecule has 0 radical (unpaired) electrons. The summed E-state index contributed by atoms with van der Waals surface area (Å²) in [6.45, 7) is 4.29. The number of amides is 1. The van der Waals surface area contributed by atoms with E-state index >= 15 is 0 Å². The van der Waals surface area contributed by atoms with E-state index in [0.29, 0.717) is 22.9 Å². The van der Waals surface area contributed by atoms with Crippen molar-refractivity contribution in [2.45, 2.75) is 32.3 Å². The van der Waals surface area contributed by atoms with Gasteiger partial charge in [-0.2, -0.15) is 0 Å². The molecule has 8 heteroatoms. The lowest BCUT2D eigenvalue weighted by Crippen LogP contribution is -2.21. The van der Waals surface area contributed by atoms with Crippen molar-refractivity contribution in [3.8, 4) is 5.75 Å². The second kappa shape index (κ2) is 10.0. The first-order chi connectivity index (χ1) is 13.9. The minimum atomic E-state index is -0.488. The van der Waals surface area contributed by atoms with E-state index in [-0.39, 0.29) is 25.1 Å². The van der Waals surface area contributed by atoms with Gasteiger partial charge in [0, 0.05) is 21.8 Å². The number of aryl methyl sites for hydroxylation is 1. The molecule has 1 atom stereocenters. The van der Waals surface area contributed by atoms with Crippen LogP contribution in [-0.2, 0) is 32.3 Å². The molecule has 0 bridgehead atoms. The van der Waals surface area contributed by atoms with E-state index in [2.05, 4.69) is 5.32 Å². The number of carbonyl (C=O) groups excluding carboxylic acids is 2. The van der Waals surface area contributed by atoms with Gasteiger partial charge in [-0.3, -0.25) is 9.59 Å². The highest BCUT2D eigenvalue weighted by Gasteiger charge is 2.20. The third-order valence-electron chi connectivity index (χ3n) is 4.25. The second-order valence-electron chi connectivity index (χ2n) is 6.64. The second-order valence-corrected chi connectivity index (χ2v) is 8.40. The van der Waals surface area contributed by atoms with Gasteiger partial charge in [-0.1, -0.05) is 29.3 Å². The molecule has 0 aromatic heterocycles. The van der Waals surface area contributed by atoms with Crippen LogP contribution in [0.2, 0.25) is 5.02 Å². The van der Waals surface area contributed by atoms with Crippen LogP contribution in [0.15, 0.2) is 36.4 Å². The number of esters is 1. The molecule has 0 spiro atoms. The van der Waals surface area contributed by atoms with Crippen LogP contribution in [0.4, 0.5) is 5.69 Å². The van der Waals surface area contributed by atoms with Crippen molar-refractivity contribution in [3.05, 3.63) is 58.1 Å². The Hall–Kier alpha value is -2.22. The number of ether oxygens (including phenoxy) is 3. The van der Waals surface area contributed by atoms with Gasteiger partial charge < -0.3 is 19.5 Å². The fraction of sp³-hybridized carbons (Fsp3) is 0.333. The number of nitrogens with one attached hydrogen (secondary N) is 1. The number of hydrogen-bond acceptors (Lipinski definition) is 6. The van der Waals surface area contributed by atoms with E-state index < -0.39 is 11.2 Å². The van der Waals surface area contributed by atoms with E-state index in [0.717, 1.165) is 16.8 Å². The van der Waals surface area contributed by atoms with Gasteiger partial charge in [0.1, 0.15) is 17.6 Å². The summed E-state index contributed by atoms with van der Waals surface area (Å²) < 4.78 is 16.2. The lowest BCUT2D eigenvalue weighted by Gasteiger charge is -2.21. The normalized spacial score (nSPS) is 13.8. The molecule has 0 aliphatic carbocycles. The molecule has 6 nitrogen and oxygen atoms in total. The van der Waals surface area contributed by atoms with Gasteiger partial charge in [-0.05, 0) is 38.1 Å². The number of rotatable bonds is 7. The zero-order chi connectivity index (χ0) is 20.8. The predicted molar refractivity (Wildman–Crippen MR) is 113 cm³/mol. The van der Waals surface area contributed by atoms with Crippen molar-refractivity contribution in [1.82, 2.24) is 0 Å². The third kappa shape index (κ3) is 6.13. The predicted octanol–water partition coefficient (Wildman–Crippen LogP) is 4.32. The van der Waals surface area contributed by atoms with E-state index in [1.165, 1.54) is 11.8 Å². The summed E-state index contributed by atoms with van der Waals surface area (Å²) in [6, 6.07) is 11.0. The minimum Gasteiger partial charge on any atom is -0.467 e. The van der Waals surface area contributed by atoms with Crippen molar-refractivity contribution in [2.75, 3.05) is 17.9 Å². The molecular weight excluding hydrogens is 414 g/mol. The lowest BCUT2D eigenvalue weighted by molar-refractivity contribution is -0.144. The Morgan fingerprint density at radius 3 is 2.79 bits per heavy atom. The molecule has 0 saturated heterocycles. The molecule has 1 N–H and O–H groups in total. The van der Waals surface area contributed by atoms with Crippen LogP contribution in [0.5, 0.6) is 5.75 Å². The van der Waals surface area contributed by atoms with Crippen LogP contribution in [0, 0.1) is 6.92 Å². The lowest BCUT2D eigenvalue weighted by atomic mass is 10.1. The van der Waals surface area contributed by atoms with Gasteiger partial charge in [0.25, 0.3) is 0 Å². The molecule has 0 fully saturated rings. The summed E-state index contributed by atoms with van der Waals surface area (Å²) >= 11 is 7.34. The molecule has 29 heavy (non-hydrogen) atoms. The van der Waals surface area contributed by atoms with Crippen LogP contribution >= 0.6 is 23.4 Å². The molecule has 2 aromatic carbocycles. The van der Waals surface area contributed by atoms with Gasteiger partial charge in [0.05, 0.1) is 12.4 Å². The summed E-state index contributed by atoms with van der Waals surface area (Å²) in [5.74, 6) is 0.220. The number of benzene rings is 2. The highest BCUT2D eigenvalue weighted by atomic mass is 35.5. The van der Waals surface area contributed by atoms with Gasteiger partial charge in [-0.15, -0.1) is 11.8 Å². The largest absolute Gasteiger partial charge is 0.467 e. The maximum Gasteiger partial charge on any atom is 0.319 e. The average Bonchev–Trinajstić information content (AvgIpc) is 2.71. The molecule has 1 unspecified atom stereocenters. The summed E-state index contributed by atoms with van der Waals surface area (Å²) in [6.07, 6.45) is 0. The molecule has 2 aromatic rings.